The Morgan fingerprint density at radius 1 is 1.24 bits per heavy atom. The van der Waals surface area contributed by atoms with Gasteiger partial charge in [0.15, 0.2) is 0 Å². The lowest BCUT2D eigenvalue weighted by Gasteiger charge is -2.13. The second kappa shape index (κ2) is 9.46. The zero-order valence-corrected chi connectivity index (χ0v) is 15.3. The van der Waals surface area contributed by atoms with Crippen LogP contribution in [0.15, 0.2) is 48.5 Å². The van der Waals surface area contributed by atoms with E-state index in [0.29, 0.717) is 23.8 Å². The molecule has 5 nitrogen and oxygen atoms in total. The number of methoxy groups -OCH3 is 1. The molecule has 0 spiro atoms. The number of anilines is 1. The number of carbonyl (C=O) groups excluding carboxylic acids is 1. The topological polar surface area (TPSA) is 81.4 Å². The van der Waals surface area contributed by atoms with Gasteiger partial charge in [0.25, 0.3) is 0 Å². The van der Waals surface area contributed by atoms with Crippen molar-refractivity contribution in [2.75, 3.05) is 24.8 Å². The van der Waals surface area contributed by atoms with E-state index in [1.165, 1.54) is 0 Å². The summed E-state index contributed by atoms with van der Waals surface area (Å²) in [7, 11) is 0.593. The summed E-state index contributed by atoms with van der Waals surface area (Å²) < 4.78 is 16.9. The maximum absolute atomic E-state index is 12.4. The normalized spacial score (nSPS) is 13.2. The fourth-order valence-corrected chi connectivity index (χ4v) is 3.37. The van der Waals surface area contributed by atoms with Crippen molar-refractivity contribution in [3.8, 4) is 0 Å². The Labute approximate surface area is 151 Å². The molecule has 2 atom stereocenters. The van der Waals surface area contributed by atoms with Gasteiger partial charge >= 0.3 is 0 Å². The fraction of sp³-hybridized carbons (Fsp3) is 0.316. The van der Waals surface area contributed by atoms with Gasteiger partial charge in [0.2, 0.25) is 5.91 Å². The van der Waals surface area contributed by atoms with Gasteiger partial charge in [-0.3, -0.25) is 9.00 Å². The van der Waals surface area contributed by atoms with Crippen molar-refractivity contribution in [1.82, 2.24) is 0 Å². The van der Waals surface area contributed by atoms with Crippen molar-refractivity contribution in [1.29, 1.82) is 0 Å². The molecule has 0 saturated carbocycles. The van der Waals surface area contributed by atoms with Crippen LogP contribution < -0.4 is 11.1 Å². The molecule has 0 aliphatic rings. The lowest BCUT2D eigenvalue weighted by Crippen LogP contribution is -2.27. The molecule has 0 aliphatic heterocycles. The highest BCUT2D eigenvalue weighted by molar-refractivity contribution is 7.84. The zero-order valence-electron chi connectivity index (χ0n) is 14.5. The van der Waals surface area contributed by atoms with Crippen LogP contribution in [0.2, 0.25) is 0 Å². The first-order valence-corrected chi connectivity index (χ1v) is 9.54. The molecule has 0 aromatic heterocycles. The number of nitrogens with two attached hydrogens (primary N) is 1. The van der Waals surface area contributed by atoms with Crippen molar-refractivity contribution in [2.24, 2.45) is 5.73 Å². The molecule has 0 aliphatic carbocycles. The molecule has 2 rings (SSSR count). The number of rotatable bonds is 8. The van der Waals surface area contributed by atoms with Crippen LogP contribution in [-0.2, 0) is 26.1 Å². The molecule has 6 heteroatoms. The predicted molar refractivity (Wildman–Crippen MR) is 102 cm³/mol. The Morgan fingerprint density at radius 3 is 2.64 bits per heavy atom. The number of benzene rings is 2. The number of carbonyl (C=O) groups is 1. The fourth-order valence-electron chi connectivity index (χ4n) is 2.32. The predicted octanol–water partition coefficient (Wildman–Crippen LogP) is 2.53. The maximum atomic E-state index is 12.4. The molecule has 25 heavy (non-hydrogen) atoms. The minimum Gasteiger partial charge on any atom is -0.384 e. The highest BCUT2D eigenvalue weighted by Crippen LogP contribution is 2.17. The second-order valence-electron chi connectivity index (χ2n) is 5.86. The van der Waals surface area contributed by atoms with Crippen molar-refractivity contribution in [3.05, 3.63) is 65.2 Å². The number of amides is 1. The van der Waals surface area contributed by atoms with E-state index in [9.17, 15) is 9.00 Å². The molecule has 2 aromatic rings. The third-order valence-corrected chi connectivity index (χ3v) is 5.03. The quantitative estimate of drug-likeness (QED) is 0.758. The standard InChI is InChI=1S/C19H24N2O3S/c1-14-6-8-16(9-7-14)18(20)19(22)21-17-5-3-4-15(12-17)13-25(23)11-10-24-2/h3-9,12,18H,10-11,13,20H2,1-2H3,(H,21,22). The molecule has 2 aromatic carbocycles. The molecule has 0 fully saturated rings. The lowest BCUT2D eigenvalue weighted by atomic mass is 10.1. The van der Waals surface area contributed by atoms with E-state index in [2.05, 4.69) is 5.32 Å². The van der Waals surface area contributed by atoms with Crippen LogP contribution in [0, 0.1) is 6.92 Å². The Kier molecular flexibility index (Phi) is 7.31. The van der Waals surface area contributed by atoms with Crippen LogP contribution in [0.1, 0.15) is 22.7 Å². The number of ether oxygens (including phenoxy) is 1. The molecule has 2 unspecified atom stereocenters. The van der Waals surface area contributed by atoms with Crippen molar-refractivity contribution < 1.29 is 13.7 Å². The SMILES string of the molecule is COCCS(=O)Cc1cccc(NC(=O)C(N)c2ccc(C)cc2)c1. The van der Waals surface area contributed by atoms with Gasteiger partial charge in [-0.15, -0.1) is 0 Å². The number of hydrogen-bond acceptors (Lipinski definition) is 4. The van der Waals surface area contributed by atoms with E-state index >= 15 is 0 Å². The monoisotopic (exact) mass is 360 g/mol. The summed E-state index contributed by atoms with van der Waals surface area (Å²) in [6.07, 6.45) is 0. The Bertz CT molecular complexity index is 732. The zero-order chi connectivity index (χ0) is 18.2. The van der Waals surface area contributed by atoms with Crippen molar-refractivity contribution >= 4 is 22.4 Å². The summed E-state index contributed by atoms with van der Waals surface area (Å²) in [5.41, 5.74) is 9.46. The van der Waals surface area contributed by atoms with Gasteiger partial charge in [-0.05, 0) is 30.2 Å². The van der Waals surface area contributed by atoms with Gasteiger partial charge in [-0.2, -0.15) is 0 Å². The molecule has 0 radical (unpaired) electrons. The molecule has 134 valence electrons. The first-order chi connectivity index (χ1) is 12.0. The van der Waals surface area contributed by atoms with E-state index in [1.54, 1.807) is 13.2 Å². The van der Waals surface area contributed by atoms with Crippen LogP contribution in [0.4, 0.5) is 5.69 Å². The van der Waals surface area contributed by atoms with Gasteiger partial charge in [-0.1, -0.05) is 42.0 Å². The number of hydrogen-bond donors (Lipinski definition) is 2. The van der Waals surface area contributed by atoms with E-state index < -0.39 is 16.8 Å². The van der Waals surface area contributed by atoms with E-state index in [4.69, 9.17) is 10.5 Å². The van der Waals surface area contributed by atoms with Gasteiger partial charge in [-0.25, -0.2) is 0 Å². The summed E-state index contributed by atoms with van der Waals surface area (Å²) >= 11 is 0. The third kappa shape index (κ3) is 6.08. The second-order valence-corrected chi connectivity index (χ2v) is 7.44. The van der Waals surface area contributed by atoms with Crippen LogP contribution in [0.25, 0.3) is 0 Å². The molecule has 0 heterocycles. The van der Waals surface area contributed by atoms with E-state index in [0.717, 1.165) is 16.7 Å². The minimum absolute atomic E-state index is 0.276. The minimum atomic E-state index is -0.995. The Morgan fingerprint density at radius 2 is 1.96 bits per heavy atom. The molecule has 3 N–H and O–H groups in total. The highest BCUT2D eigenvalue weighted by atomic mass is 32.2. The number of aryl methyl sites for hydroxylation is 1. The summed E-state index contributed by atoms with van der Waals surface area (Å²) in [6.45, 7) is 2.45. The summed E-state index contributed by atoms with van der Waals surface area (Å²) in [5.74, 6) is 0.643. The van der Waals surface area contributed by atoms with Gasteiger partial charge < -0.3 is 15.8 Å². The van der Waals surface area contributed by atoms with Crippen molar-refractivity contribution in [2.45, 2.75) is 18.7 Å². The molecule has 0 bridgehead atoms. The van der Waals surface area contributed by atoms with Gasteiger partial charge in [0.1, 0.15) is 6.04 Å². The third-order valence-electron chi connectivity index (χ3n) is 3.76. The van der Waals surface area contributed by atoms with Gasteiger partial charge in [0.05, 0.1) is 6.61 Å². The Balaban J connectivity index is 1.99. The number of nitrogens with one attached hydrogen (secondary N) is 1. The van der Waals surface area contributed by atoms with Gasteiger partial charge in [0, 0.05) is 35.1 Å². The van der Waals surface area contributed by atoms with Crippen molar-refractivity contribution in [3.63, 3.8) is 0 Å². The summed E-state index contributed by atoms with van der Waals surface area (Å²) in [6, 6.07) is 14.2. The summed E-state index contributed by atoms with van der Waals surface area (Å²) in [5, 5.41) is 2.82. The average Bonchev–Trinajstić information content (AvgIpc) is 2.60. The molecule has 0 saturated heterocycles. The lowest BCUT2D eigenvalue weighted by molar-refractivity contribution is -0.117. The molecule has 1 amide bonds. The highest BCUT2D eigenvalue weighted by Gasteiger charge is 2.16. The first kappa shape index (κ1) is 19.3. The molecular formula is C19H24N2O3S. The molecular weight excluding hydrogens is 336 g/mol. The van der Waals surface area contributed by atoms with Crippen LogP contribution in [0.5, 0.6) is 0 Å². The average molecular weight is 360 g/mol. The van der Waals surface area contributed by atoms with E-state index in [1.807, 2.05) is 49.4 Å². The summed E-state index contributed by atoms with van der Waals surface area (Å²) in [4.78, 5) is 12.4. The Hall–Kier alpha value is -2.02. The maximum Gasteiger partial charge on any atom is 0.245 e. The van der Waals surface area contributed by atoms with Crippen LogP contribution in [0.3, 0.4) is 0 Å². The van der Waals surface area contributed by atoms with E-state index in [-0.39, 0.29) is 5.91 Å². The van der Waals surface area contributed by atoms with Crippen LogP contribution >= 0.6 is 0 Å². The first-order valence-electron chi connectivity index (χ1n) is 8.05. The smallest absolute Gasteiger partial charge is 0.245 e. The van der Waals surface area contributed by atoms with Crippen LogP contribution in [-0.4, -0.2) is 29.6 Å². The largest absolute Gasteiger partial charge is 0.384 e.